The minimum absolute atomic E-state index is 0.0387. The standard InChI is InChI=1S/C20H31N3O4/c1-15(2)8-7-9-16(3)23-18(24)14-27-19(25)13-22-20(26)21-12-17-10-5-4-6-11-17/h4-6,10-11,15-16H,7-9,12-14H2,1-3H3,(H,23,24)(H2,21,22,26). The van der Waals surface area contributed by atoms with Crippen molar-refractivity contribution in [2.24, 2.45) is 5.92 Å². The molecule has 0 bridgehead atoms. The van der Waals surface area contributed by atoms with Crippen LogP contribution >= 0.6 is 0 Å². The normalized spacial score (nSPS) is 11.6. The van der Waals surface area contributed by atoms with Gasteiger partial charge in [-0.25, -0.2) is 4.79 Å². The van der Waals surface area contributed by atoms with Crippen LogP contribution in [0.1, 0.15) is 45.6 Å². The molecule has 27 heavy (non-hydrogen) atoms. The number of esters is 1. The molecule has 0 aliphatic heterocycles. The fourth-order valence-corrected chi connectivity index (χ4v) is 2.41. The highest BCUT2D eigenvalue weighted by Gasteiger charge is 2.11. The number of rotatable bonds is 11. The average Bonchev–Trinajstić information content (AvgIpc) is 2.63. The molecule has 150 valence electrons. The third kappa shape index (κ3) is 11.6. The third-order valence-electron chi connectivity index (χ3n) is 3.88. The molecule has 0 heterocycles. The second-order valence-corrected chi connectivity index (χ2v) is 6.98. The Morgan fingerprint density at radius 3 is 2.37 bits per heavy atom. The lowest BCUT2D eigenvalue weighted by Crippen LogP contribution is -2.40. The number of hydrogen-bond donors (Lipinski definition) is 3. The summed E-state index contributed by atoms with van der Waals surface area (Å²) in [6, 6.07) is 8.98. The van der Waals surface area contributed by atoms with Gasteiger partial charge in [0.05, 0.1) is 0 Å². The van der Waals surface area contributed by atoms with E-state index in [1.165, 1.54) is 0 Å². The second kappa shape index (κ2) is 12.7. The van der Waals surface area contributed by atoms with Crippen LogP contribution in [0.5, 0.6) is 0 Å². The number of carbonyl (C=O) groups is 3. The molecule has 0 radical (unpaired) electrons. The van der Waals surface area contributed by atoms with Crippen molar-refractivity contribution < 1.29 is 19.1 Å². The van der Waals surface area contributed by atoms with Crippen LogP contribution in [-0.2, 0) is 20.9 Å². The molecule has 3 amide bonds. The number of benzene rings is 1. The Kier molecular flexibility index (Phi) is 10.6. The third-order valence-corrected chi connectivity index (χ3v) is 3.88. The SMILES string of the molecule is CC(C)CCCC(C)NC(=O)COC(=O)CNC(=O)NCc1ccccc1. The molecule has 1 aromatic rings. The van der Waals surface area contributed by atoms with Crippen molar-refractivity contribution in [3.63, 3.8) is 0 Å². The number of ether oxygens (including phenoxy) is 1. The van der Waals surface area contributed by atoms with Crippen LogP contribution in [0.25, 0.3) is 0 Å². The average molecular weight is 377 g/mol. The summed E-state index contributed by atoms with van der Waals surface area (Å²) >= 11 is 0. The Hall–Kier alpha value is -2.57. The summed E-state index contributed by atoms with van der Waals surface area (Å²) in [6.45, 7) is 5.98. The number of hydrogen-bond acceptors (Lipinski definition) is 4. The molecule has 0 saturated heterocycles. The van der Waals surface area contributed by atoms with Gasteiger partial charge in [-0.2, -0.15) is 0 Å². The minimum atomic E-state index is -0.660. The highest BCUT2D eigenvalue weighted by molar-refractivity contribution is 5.83. The van der Waals surface area contributed by atoms with Crippen LogP contribution in [0.15, 0.2) is 30.3 Å². The Morgan fingerprint density at radius 2 is 1.70 bits per heavy atom. The van der Waals surface area contributed by atoms with Crippen LogP contribution in [0.3, 0.4) is 0 Å². The molecule has 7 heteroatoms. The van der Waals surface area contributed by atoms with Crippen molar-refractivity contribution in [1.29, 1.82) is 0 Å². The molecule has 0 fully saturated rings. The smallest absolute Gasteiger partial charge is 0.325 e. The topological polar surface area (TPSA) is 96.5 Å². The Bertz CT molecular complexity index is 590. The van der Waals surface area contributed by atoms with Gasteiger partial charge in [0.1, 0.15) is 6.54 Å². The molecule has 0 saturated carbocycles. The molecular weight excluding hydrogens is 346 g/mol. The van der Waals surface area contributed by atoms with Crippen molar-refractivity contribution in [2.45, 2.75) is 52.6 Å². The summed E-state index contributed by atoms with van der Waals surface area (Å²) in [7, 11) is 0. The van der Waals surface area contributed by atoms with Gasteiger partial charge in [0.15, 0.2) is 6.61 Å². The maximum Gasteiger partial charge on any atom is 0.325 e. The van der Waals surface area contributed by atoms with Gasteiger partial charge >= 0.3 is 12.0 Å². The first kappa shape index (κ1) is 22.5. The lowest BCUT2D eigenvalue weighted by atomic mass is 10.0. The van der Waals surface area contributed by atoms with Crippen molar-refractivity contribution in [3.05, 3.63) is 35.9 Å². The predicted octanol–water partition coefficient (Wildman–Crippen LogP) is 2.36. The largest absolute Gasteiger partial charge is 0.454 e. The molecule has 1 aromatic carbocycles. The van der Waals surface area contributed by atoms with Gasteiger partial charge < -0.3 is 20.7 Å². The molecule has 0 spiro atoms. The van der Waals surface area contributed by atoms with E-state index in [9.17, 15) is 14.4 Å². The Labute approximate surface area is 161 Å². The molecule has 0 aromatic heterocycles. The number of carbonyl (C=O) groups excluding carboxylic acids is 3. The summed E-state index contributed by atoms with van der Waals surface area (Å²) in [5.41, 5.74) is 0.953. The maximum absolute atomic E-state index is 11.8. The van der Waals surface area contributed by atoms with Gasteiger partial charge in [-0.05, 0) is 24.8 Å². The number of amides is 3. The first-order chi connectivity index (χ1) is 12.9. The van der Waals surface area contributed by atoms with E-state index in [1.54, 1.807) is 0 Å². The highest BCUT2D eigenvalue weighted by atomic mass is 16.5. The van der Waals surface area contributed by atoms with E-state index in [4.69, 9.17) is 4.74 Å². The molecule has 0 aliphatic carbocycles. The molecule has 3 N–H and O–H groups in total. The van der Waals surface area contributed by atoms with Crippen molar-refractivity contribution in [1.82, 2.24) is 16.0 Å². The van der Waals surface area contributed by atoms with Crippen LogP contribution in [-0.4, -0.2) is 37.1 Å². The van der Waals surface area contributed by atoms with Gasteiger partial charge in [0.2, 0.25) is 0 Å². The molecule has 0 aliphatic rings. The van der Waals surface area contributed by atoms with E-state index < -0.39 is 12.0 Å². The Balaban J connectivity index is 2.11. The summed E-state index contributed by atoms with van der Waals surface area (Å²) in [5.74, 6) is -0.354. The van der Waals surface area contributed by atoms with E-state index in [0.29, 0.717) is 12.5 Å². The zero-order chi connectivity index (χ0) is 20.1. The molecule has 1 atom stereocenters. The van der Waals surface area contributed by atoms with Gasteiger partial charge in [-0.3, -0.25) is 9.59 Å². The van der Waals surface area contributed by atoms with E-state index >= 15 is 0 Å². The van der Waals surface area contributed by atoms with Crippen molar-refractivity contribution in [2.75, 3.05) is 13.2 Å². The lowest BCUT2D eigenvalue weighted by Gasteiger charge is -2.14. The minimum Gasteiger partial charge on any atom is -0.454 e. The highest BCUT2D eigenvalue weighted by Crippen LogP contribution is 2.08. The van der Waals surface area contributed by atoms with Gasteiger partial charge in [0, 0.05) is 12.6 Å². The predicted molar refractivity (Wildman–Crippen MR) is 104 cm³/mol. The molecule has 1 rings (SSSR count). The van der Waals surface area contributed by atoms with Crippen molar-refractivity contribution >= 4 is 17.9 Å². The van der Waals surface area contributed by atoms with E-state index in [1.807, 2.05) is 37.3 Å². The van der Waals surface area contributed by atoms with Crippen LogP contribution in [0, 0.1) is 5.92 Å². The first-order valence-corrected chi connectivity index (χ1v) is 9.37. The second-order valence-electron chi connectivity index (χ2n) is 6.98. The summed E-state index contributed by atoms with van der Waals surface area (Å²) in [5, 5.41) is 7.83. The van der Waals surface area contributed by atoms with Gasteiger partial charge in [-0.1, -0.05) is 57.0 Å². The Morgan fingerprint density at radius 1 is 1.00 bits per heavy atom. The monoisotopic (exact) mass is 377 g/mol. The molecule has 1 unspecified atom stereocenters. The van der Waals surface area contributed by atoms with Crippen LogP contribution in [0.4, 0.5) is 4.79 Å². The summed E-state index contributed by atoms with van der Waals surface area (Å²) in [6.07, 6.45) is 3.05. The molecule has 7 nitrogen and oxygen atoms in total. The lowest BCUT2D eigenvalue weighted by molar-refractivity contribution is -0.147. The first-order valence-electron chi connectivity index (χ1n) is 9.37. The van der Waals surface area contributed by atoms with Crippen LogP contribution in [0.2, 0.25) is 0 Å². The van der Waals surface area contributed by atoms with Crippen molar-refractivity contribution in [3.8, 4) is 0 Å². The van der Waals surface area contributed by atoms with Gasteiger partial charge in [0.25, 0.3) is 5.91 Å². The fraction of sp³-hybridized carbons (Fsp3) is 0.550. The van der Waals surface area contributed by atoms with Crippen LogP contribution < -0.4 is 16.0 Å². The molecular formula is C20H31N3O4. The zero-order valence-electron chi connectivity index (χ0n) is 16.4. The zero-order valence-corrected chi connectivity index (χ0v) is 16.4. The number of nitrogens with one attached hydrogen (secondary N) is 3. The summed E-state index contributed by atoms with van der Waals surface area (Å²) < 4.78 is 4.87. The van der Waals surface area contributed by atoms with E-state index in [-0.39, 0.29) is 25.1 Å². The number of urea groups is 1. The fourth-order valence-electron chi connectivity index (χ4n) is 2.41. The van der Waals surface area contributed by atoms with Gasteiger partial charge in [-0.15, -0.1) is 0 Å². The quantitative estimate of drug-likeness (QED) is 0.516. The van der Waals surface area contributed by atoms with E-state index in [0.717, 1.165) is 24.8 Å². The van der Waals surface area contributed by atoms with E-state index in [2.05, 4.69) is 29.8 Å². The maximum atomic E-state index is 11.8. The summed E-state index contributed by atoms with van der Waals surface area (Å²) in [4.78, 5) is 35.0.